The summed E-state index contributed by atoms with van der Waals surface area (Å²) >= 11 is 0. The molecule has 0 saturated heterocycles. The van der Waals surface area contributed by atoms with E-state index < -0.39 is 23.5 Å². The molecule has 1 aliphatic heterocycles. The number of rotatable bonds is 10. The van der Waals surface area contributed by atoms with Crippen LogP contribution in [0.1, 0.15) is 41.9 Å². The summed E-state index contributed by atoms with van der Waals surface area (Å²) in [5.41, 5.74) is 0.982. The molecule has 1 aliphatic rings. The van der Waals surface area contributed by atoms with Crippen LogP contribution < -0.4 is 9.47 Å². The predicted molar refractivity (Wildman–Crippen MR) is 125 cm³/mol. The van der Waals surface area contributed by atoms with Gasteiger partial charge in [-0.25, -0.2) is 0 Å². The van der Waals surface area contributed by atoms with Crippen molar-refractivity contribution in [3.8, 4) is 11.5 Å². The first-order chi connectivity index (χ1) is 16.5. The van der Waals surface area contributed by atoms with Gasteiger partial charge in [0.1, 0.15) is 12.4 Å². The van der Waals surface area contributed by atoms with E-state index in [1.807, 2.05) is 6.92 Å². The third-order valence-corrected chi connectivity index (χ3v) is 5.79. The maximum Gasteiger partial charge on any atom is 0.290 e. The zero-order valence-electron chi connectivity index (χ0n) is 19.1. The van der Waals surface area contributed by atoms with E-state index >= 15 is 0 Å². The lowest BCUT2D eigenvalue weighted by Gasteiger charge is -2.27. The summed E-state index contributed by atoms with van der Waals surface area (Å²) in [5.74, 6) is -0.788. The van der Waals surface area contributed by atoms with Crippen molar-refractivity contribution in [1.29, 1.82) is 0 Å². The molecule has 3 aromatic rings. The lowest BCUT2D eigenvalue weighted by molar-refractivity contribution is -0.129. The third kappa shape index (κ3) is 4.24. The molecule has 1 amide bonds. The van der Waals surface area contributed by atoms with Crippen molar-refractivity contribution in [2.75, 3.05) is 26.9 Å². The van der Waals surface area contributed by atoms with Crippen LogP contribution >= 0.6 is 0 Å². The van der Waals surface area contributed by atoms with Gasteiger partial charge in [0.2, 0.25) is 5.78 Å². The van der Waals surface area contributed by atoms with Gasteiger partial charge in [0.05, 0.1) is 25.3 Å². The molecule has 34 heavy (non-hydrogen) atoms. The monoisotopic (exact) mass is 465 g/mol. The summed E-state index contributed by atoms with van der Waals surface area (Å²) in [6.07, 6.45) is 1.54. The Kier molecular flexibility index (Phi) is 6.88. The number of aliphatic hydroxyl groups excluding tert-OH is 2. The lowest BCUT2D eigenvalue weighted by atomic mass is 9.94. The topological polar surface area (TPSA) is 109 Å². The van der Waals surface area contributed by atoms with Crippen molar-refractivity contribution in [2.24, 2.45) is 0 Å². The minimum atomic E-state index is -0.806. The molecule has 1 aromatic heterocycles. The minimum absolute atomic E-state index is 0.00359. The van der Waals surface area contributed by atoms with Crippen molar-refractivity contribution < 1.29 is 33.7 Å². The molecule has 0 radical (unpaired) electrons. The highest BCUT2D eigenvalue weighted by Gasteiger charge is 2.44. The lowest BCUT2D eigenvalue weighted by Crippen LogP contribution is -2.32. The Labute approximate surface area is 197 Å². The van der Waals surface area contributed by atoms with E-state index in [4.69, 9.17) is 19.0 Å². The Morgan fingerprint density at radius 1 is 1.18 bits per heavy atom. The molecule has 0 fully saturated rings. The van der Waals surface area contributed by atoms with Crippen LogP contribution in [-0.2, 0) is 4.79 Å². The Balaban J connectivity index is 1.78. The normalized spacial score (nSPS) is 15.9. The van der Waals surface area contributed by atoms with Gasteiger partial charge in [-0.2, -0.15) is 0 Å². The first-order valence-electron chi connectivity index (χ1n) is 11.2. The number of ether oxygens (including phenoxy) is 2. The molecule has 0 aliphatic carbocycles. The molecule has 0 saturated carbocycles. The van der Waals surface area contributed by atoms with Gasteiger partial charge in [-0.1, -0.05) is 37.6 Å². The number of hydrogen-bond acceptors (Lipinski definition) is 7. The van der Waals surface area contributed by atoms with Crippen molar-refractivity contribution in [2.45, 2.75) is 25.8 Å². The van der Waals surface area contributed by atoms with Crippen molar-refractivity contribution >= 4 is 22.7 Å². The third-order valence-electron chi connectivity index (χ3n) is 5.79. The average molecular weight is 466 g/mol. The number of Topliss-reactive ketones (excluding diaryl/α,β-unsaturated/α-hetero) is 1. The summed E-state index contributed by atoms with van der Waals surface area (Å²) in [6, 6.07) is 13.0. The van der Waals surface area contributed by atoms with Crippen LogP contribution in [0.3, 0.4) is 0 Å². The van der Waals surface area contributed by atoms with Crippen LogP contribution in [0.15, 0.2) is 64.3 Å². The molecule has 0 bridgehead atoms. The summed E-state index contributed by atoms with van der Waals surface area (Å²) < 4.78 is 16.7. The molecule has 178 valence electrons. The highest BCUT2D eigenvalue weighted by molar-refractivity contribution is 6.16. The van der Waals surface area contributed by atoms with E-state index in [0.717, 1.165) is 6.42 Å². The van der Waals surface area contributed by atoms with Gasteiger partial charge in [-0.05, 0) is 36.2 Å². The number of para-hydroxylation sites is 1. The van der Waals surface area contributed by atoms with E-state index in [-0.39, 0.29) is 24.5 Å². The zero-order valence-corrected chi connectivity index (χ0v) is 19.1. The highest BCUT2D eigenvalue weighted by Crippen LogP contribution is 2.41. The zero-order chi connectivity index (χ0) is 24.2. The summed E-state index contributed by atoms with van der Waals surface area (Å²) in [5, 5.41) is 20.6. The molecule has 2 heterocycles. The number of benzene rings is 2. The van der Waals surface area contributed by atoms with Gasteiger partial charge < -0.3 is 29.0 Å². The molecule has 1 unspecified atom stereocenters. The molecular weight excluding hydrogens is 438 g/mol. The smallest absolute Gasteiger partial charge is 0.290 e. The number of carbonyl (C=O) groups excluding carboxylic acids is 2. The fraction of sp³-hybridized carbons (Fsp3) is 0.308. The van der Waals surface area contributed by atoms with Gasteiger partial charge >= 0.3 is 0 Å². The second-order valence-corrected chi connectivity index (χ2v) is 7.98. The number of methoxy groups -OCH3 is 1. The van der Waals surface area contributed by atoms with Crippen LogP contribution in [0.5, 0.6) is 11.5 Å². The fourth-order valence-electron chi connectivity index (χ4n) is 4.17. The van der Waals surface area contributed by atoms with Gasteiger partial charge in [0.15, 0.2) is 22.9 Å². The van der Waals surface area contributed by atoms with Gasteiger partial charge in [-0.15, -0.1) is 0 Å². The highest BCUT2D eigenvalue weighted by atomic mass is 16.5. The van der Waals surface area contributed by atoms with Crippen molar-refractivity contribution in [3.63, 3.8) is 0 Å². The van der Waals surface area contributed by atoms with Gasteiger partial charge in [0, 0.05) is 11.9 Å². The van der Waals surface area contributed by atoms with Gasteiger partial charge in [-0.3, -0.25) is 9.59 Å². The Morgan fingerprint density at radius 2 is 1.97 bits per heavy atom. The average Bonchev–Trinajstić information content (AvgIpc) is 3.40. The van der Waals surface area contributed by atoms with Crippen molar-refractivity contribution in [3.05, 3.63) is 71.2 Å². The molecular formula is C26H27NO7. The fourth-order valence-corrected chi connectivity index (χ4v) is 4.17. The van der Waals surface area contributed by atoms with Crippen LogP contribution in [0.2, 0.25) is 0 Å². The number of amides is 1. The second kappa shape index (κ2) is 10.0. The summed E-state index contributed by atoms with van der Waals surface area (Å²) in [4.78, 5) is 28.2. The Hall–Kier alpha value is -3.78. The first kappa shape index (κ1) is 23.4. The number of hydrogen-bond donors (Lipinski definition) is 2. The standard InChI is InChI=1S/C26H27NO7/c1-3-4-11-27-22(16-7-5-9-18(14-16)33-13-12-28)21(24(30)26(27)31)23(29)20-15-17-8-6-10-19(32-2)25(17)34-20/h5-10,14-15,22,28,30H,3-4,11-13H2,1-2H3. The number of ketones is 1. The van der Waals surface area contributed by atoms with E-state index in [1.54, 1.807) is 48.5 Å². The Bertz CT molecular complexity index is 1240. The number of carbonyl (C=O) groups is 2. The van der Waals surface area contributed by atoms with E-state index in [1.165, 1.54) is 12.0 Å². The van der Waals surface area contributed by atoms with Crippen molar-refractivity contribution in [1.82, 2.24) is 4.90 Å². The summed E-state index contributed by atoms with van der Waals surface area (Å²) in [7, 11) is 1.51. The Morgan fingerprint density at radius 3 is 2.71 bits per heavy atom. The number of fused-ring (bicyclic) bond motifs is 1. The molecule has 2 aromatic carbocycles. The molecule has 2 N–H and O–H groups in total. The molecule has 4 rings (SSSR count). The maximum atomic E-state index is 13.6. The number of furan rings is 1. The number of unbranched alkanes of at least 4 members (excludes halogenated alkanes) is 1. The van der Waals surface area contributed by atoms with Crippen LogP contribution in [0.25, 0.3) is 11.0 Å². The van der Waals surface area contributed by atoms with Crippen LogP contribution in [-0.4, -0.2) is 53.7 Å². The quantitative estimate of drug-likeness (QED) is 0.432. The van der Waals surface area contributed by atoms with Gasteiger partial charge in [0.25, 0.3) is 5.91 Å². The van der Waals surface area contributed by atoms with E-state index in [9.17, 15) is 14.7 Å². The maximum absolute atomic E-state index is 13.6. The summed E-state index contributed by atoms with van der Waals surface area (Å²) in [6.45, 7) is 2.34. The number of aliphatic hydroxyl groups is 2. The molecule has 1 atom stereocenters. The first-order valence-corrected chi connectivity index (χ1v) is 11.2. The second-order valence-electron chi connectivity index (χ2n) is 7.98. The SMILES string of the molecule is CCCCN1C(=O)C(O)=C(C(=O)c2cc3cccc(OC)c3o2)C1c1cccc(OCCO)c1. The predicted octanol–water partition coefficient (Wildman–Crippen LogP) is 4.19. The molecule has 8 nitrogen and oxygen atoms in total. The van der Waals surface area contributed by atoms with E-state index in [0.29, 0.717) is 41.0 Å². The van der Waals surface area contributed by atoms with E-state index in [2.05, 4.69) is 0 Å². The van der Waals surface area contributed by atoms with Crippen LogP contribution in [0.4, 0.5) is 0 Å². The largest absolute Gasteiger partial charge is 0.503 e. The molecule has 8 heteroatoms. The van der Waals surface area contributed by atoms with Crippen LogP contribution in [0, 0.1) is 0 Å². The minimum Gasteiger partial charge on any atom is -0.503 e. The number of nitrogens with zero attached hydrogens (tertiary/aromatic N) is 1. The molecule has 0 spiro atoms.